The van der Waals surface area contributed by atoms with E-state index in [0.717, 1.165) is 23.5 Å². The van der Waals surface area contributed by atoms with E-state index in [1.54, 1.807) is 0 Å². The van der Waals surface area contributed by atoms with Crippen LogP contribution in [0.3, 0.4) is 0 Å². The Morgan fingerprint density at radius 3 is 1.73 bits per heavy atom. The summed E-state index contributed by atoms with van der Waals surface area (Å²) in [5, 5.41) is 8.02. The molecule has 2 nitrogen and oxygen atoms in total. The molecule has 4 heteroatoms. The summed E-state index contributed by atoms with van der Waals surface area (Å²) in [7, 11) is -2.98. The summed E-state index contributed by atoms with van der Waals surface area (Å²) in [5.74, 6) is 1.28. The molecule has 60 heavy (non-hydrogen) atoms. The van der Waals surface area contributed by atoms with Gasteiger partial charge in [-0.05, 0) is 118 Å². The van der Waals surface area contributed by atoms with Gasteiger partial charge in [-0.15, -0.1) is 11.3 Å². The number of para-hydroxylation sites is 1. The van der Waals surface area contributed by atoms with Crippen LogP contribution in [0.2, 0.25) is 0 Å². The molecular weight excluding hydrogens is 761 g/mol. The van der Waals surface area contributed by atoms with Gasteiger partial charge >= 0.3 is 0 Å². The highest BCUT2D eigenvalue weighted by Crippen LogP contribution is 2.47. The van der Waals surface area contributed by atoms with Gasteiger partial charge in [-0.3, -0.25) is 0 Å². The van der Waals surface area contributed by atoms with Gasteiger partial charge < -0.3 is 9.80 Å². The first-order valence-corrected chi connectivity index (χ1v) is 23.9. The van der Waals surface area contributed by atoms with Gasteiger partial charge in [0.25, 0.3) is 0 Å². The summed E-state index contributed by atoms with van der Waals surface area (Å²) >= 11 is 1.88. The average Bonchev–Trinajstić information content (AvgIpc) is 4.06. The summed E-state index contributed by atoms with van der Waals surface area (Å²) < 4.78 is 2.64. The van der Waals surface area contributed by atoms with Crippen molar-refractivity contribution in [3.05, 3.63) is 242 Å². The van der Waals surface area contributed by atoms with Gasteiger partial charge in [0.2, 0.25) is 0 Å². The van der Waals surface area contributed by atoms with E-state index in [1.165, 1.54) is 64.4 Å². The second kappa shape index (κ2) is 15.5. The van der Waals surface area contributed by atoms with E-state index >= 15 is 0 Å². The van der Waals surface area contributed by atoms with Crippen LogP contribution < -0.4 is 30.5 Å². The van der Waals surface area contributed by atoms with Crippen molar-refractivity contribution in [2.24, 2.45) is 11.8 Å². The fraction of sp³-hybridized carbons (Fsp3) is 0.0714. The lowest BCUT2D eigenvalue weighted by molar-refractivity contribution is 0.951. The summed E-state index contributed by atoms with van der Waals surface area (Å²) in [5.41, 5.74) is 7.02. The van der Waals surface area contributed by atoms with Crippen LogP contribution in [0.4, 0.5) is 22.7 Å². The van der Waals surface area contributed by atoms with E-state index in [0.29, 0.717) is 11.8 Å². The monoisotopic (exact) mass is 804 g/mol. The normalized spacial score (nSPS) is 16.9. The molecule has 1 saturated carbocycles. The molecule has 0 saturated heterocycles. The van der Waals surface area contributed by atoms with E-state index < -0.39 is 8.07 Å². The predicted octanol–water partition coefficient (Wildman–Crippen LogP) is 12.2. The van der Waals surface area contributed by atoms with Crippen molar-refractivity contribution in [3.63, 3.8) is 0 Å². The Kier molecular flexibility index (Phi) is 9.37. The van der Waals surface area contributed by atoms with Gasteiger partial charge in [0.15, 0.2) is 8.07 Å². The maximum Gasteiger partial charge on any atom is 0.179 e. The third-order valence-electron chi connectivity index (χ3n) is 12.4. The van der Waals surface area contributed by atoms with Crippen LogP contribution >= 0.6 is 11.3 Å². The summed E-state index contributed by atoms with van der Waals surface area (Å²) in [4.78, 5) is 4.92. The third-order valence-corrected chi connectivity index (χ3v) is 18.3. The number of allylic oxidation sites excluding steroid dienone is 8. The van der Waals surface area contributed by atoms with E-state index in [-0.39, 0.29) is 0 Å². The Morgan fingerprint density at radius 2 is 1.03 bits per heavy atom. The Labute approximate surface area is 357 Å². The molecule has 0 radical (unpaired) electrons. The quantitative estimate of drug-likeness (QED) is 0.100. The molecule has 11 rings (SSSR count). The van der Waals surface area contributed by atoms with Crippen molar-refractivity contribution >= 4 is 83.1 Å². The number of fused-ring (bicyclic) bond motifs is 4. The zero-order chi connectivity index (χ0) is 39.9. The van der Waals surface area contributed by atoms with Crippen molar-refractivity contribution in [2.45, 2.75) is 12.8 Å². The lowest BCUT2D eigenvalue weighted by atomic mass is 10.1. The van der Waals surface area contributed by atoms with Gasteiger partial charge in [-0.2, -0.15) is 0 Å². The van der Waals surface area contributed by atoms with Gasteiger partial charge in [0.05, 0.1) is 0 Å². The number of benzene rings is 7. The van der Waals surface area contributed by atoms with Crippen molar-refractivity contribution < 1.29 is 0 Å². The number of rotatable bonds is 10. The summed E-state index contributed by atoms with van der Waals surface area (Å²) in [6, 6.07) is 68.2. The maximum atomic E-state index is 2.51. The van der Waals surface area contributed by atoms with Gasteiger partial charge in [0.1, 0.15) is 0 Å². The largest absolute Gasteiger partial charge is 0.311 e. The van der Waals surface area contributed by atoms with Gasteiger partial charge in [-0.1, -0.05) is 158 Å². The van der Waals surface area contributed by atoms with Crippen LogP contribution in [0.1, 0.15) is 12.8 Å². The van der Waals surface area contributed by atoms with E-state index in [9.17, 15) is 0 Å². The SMILES string of the molecule is C1=CCC=CC(N(c2ccccc2)c2cccc([Si](c3ccccc3)(c3ccccc3)c3cccc(N(C4=CC5CC5C=C4)c4ccc5c(c4)sc4ccccc45)c3)c2)=C1. The number of anilines is 4. The number of nitrogens with zero attached hydrogens (tertiary/aromatic N) is 2. The van der Waals surface area contributed by atoms with Crippen molar-refractivity contribution in [2.75, 3.05) is 9.80 Å². The van der Waals surface area contributed by atoms with E-state index in [2.05, 4.69) is 240 Å². The molecule has 7 aromatic carbocycles. The zero-order valence-corrected chi connectivity index (χ0v) is 35.1. The van der Waals surface area contributed by atoms with E-state index in [4.69, 9.17) is 0 Å². The van der Waals surface area contributed by atoms with Crippen molar-refractivity contribution in [1.82, 2.24) is 0 Å². The van der Waals surface area contributed by atoms with Crippen molar-refractivity contribution in [1.29, 1.82) is 0 Å². The molecule has 1 heterocycles. The molecule has 3 aliphatic rings. The Morgan fingerprint density at radius 1 is 0.450 bits per heavy atom. The molecule has 2 atom stereocenters. The Bertz CT molecular complexity index is 2970. The molecular formula is C56H44N2SSi. The Balaban J connectivity index is 1.14. The molecule has 288 valence electrons. The first-order chi connectivity index (χ1) is 29.7. The van der Waals surface area contributed by atoms with Crippen LogP contribution in [-0.4, -0.2) is 8.07 Å². The standard InChI is InChI=1S/C56H44N2SSi/c1-2-7-19-43(18-6-1)57(44-20-8-3-9-21-44)45-22-16-28-51(38-45)60(49-24-10-4-11-25-49,50-26-12-5-13-27-50)52-29-17-23-46(39-52)58(47-33-32-41-36-42(41)37-47)48-34-35-54-53-30-14-15-31-55(53)59-56(54)40-48/h1,3-35,37-42H,2,36H2. The summed E-state index contributed by atoms with van der Waals surface area (Å²) in [6.45, 7) is 0. The molecule has 2 unspecified atom stereocenters. The maximum absolute atomic E-state index is 2.98. The molecule has 8 aromatic rings. The Hall–Kier alpha value is -6.72. The first-order valence-electron chi connectivity index (χ1n) is 21.1. The highest BCUT2D eigenvalue weighted by Gasteiger charge is 2.42. The van der Waals surface area contributed by atoms with Crippen LogP contribution in [0.15, 0.2) is 242 Å². The van der Waals surface area contributed by atoms with Gasteiger partial charge in [-0.25, -0.2) is 0 Å². The second-order valence-corrected chi connectivity index (χ2v) is 20.9. The molecule has 0 aliphatic heterocycles. The highest BCUT2D eigenvalue weighted by atomic mass is 32.1. The molecule has 3 aliphatic carbocycles. The third kappa shape index (κ3) is 6.49. The molecule has 0 bridgehead atoms. The number of thiophene rings is 1. The minimum atomic E-state index is -2.98. The average molecular weight is 805 g/mol. The topological polar surface area (TPSA) is 6.48 Å². The minimum Gasteiger partial charge on any atom is -0.311 e. The van der Waals surface area contributed by atoms with Gasteiger partial charge in [0, 0.05) is 54.3 Å². The first kappa shape index (κ1) is 36.4. The van der Waals surface area contributed by atoms with E-state index in [1.807, 2.05) is 11.3 Å². The second-order valence-electron chi connectivity index (χ2n) is 16.0. The molecule has 1 aromatic heterocycles. The molecule has 0 spiro atoms. The lowest BCUT2D eigenvalue weighted by Crippen LogP contribution is -2.74. The minimum absolute atomic E-state index is 0.607. The zero-order valence-electron chi connectivity index (χ0n) is 33.3. The predicted molar refractivity (Wildman–Crippen MR) is 260 cm³/mol. The molecule has 0 amide bonds. The number of hydrogen-bond donors (Lipinski definition) is 0. The van der Waals surface area contributed by atoms with Crippen LogP contribution in [-0.2, 0) is 0 Å². The van der Waals surface area contributed by atoms with Crippen LogP contribution in [0, 0.1) is 11.8 Å². The summed E-state index contributed by atoms with van der Waals surface area (Å²) in [6.07, 6.45) is 20.6. The lowest BCUT2D eigenvalue weighted by Gasteiger charge is -2.36. The fourth-order valence-corrected chi connectivity index (χ4v) is 15.4. The molecule has 1 fully saturated rings. The van der Waals surface area contributed by atoms with Crippen molar-refractivity contribution in [3.8, 4) is 0 Å². The van der Waals surface area contributed by atoms with Crippen LogP contribution in [0.5, 0.6) is 0 Å². The number of hydrogen-bond acceptors (Lipinski definition) is 3. The smallest absolute Gasteiger partial charge is 0.179 e. The molecule has 0 N–H and O–H groups in total. The highest BCUT2D eigenvalue weighted by molar-refractivity contribution is 7.25. The fourth-order valence-electron chi connectivity index (χ4n) is 9.47. The van der Waals surface area contributed by atoms with Crippen LogP contribution in [0.25, 0.3) is 20.2 Å².